The Hall–Kier alpha value is -1.51. The molecule has 0 heterocycles. The van der Waals surface area contributed by atoms with Crippen molar-refractivity contribution in [2.24, 2.45) is 5.73 Å². The van der Waals surface area contributed by atoms with Crippen LogP contribution in [0.5, 0.6) is 5.75 Å². The average molecular weight is 276 g/mol. The van der Waals surface area contributed by atoms with Gasteiger partial charge in [-0.1, -0.05) is 35.9 Å². The van der Waals surface area contributed by atoms with Crippen LogP contribution in [0, 0.1) is 6.92 Å². The Labute approximate surface area is 119 Å². The van der Waals surface area contributed by atoms with Crippen molar-refractivity contribution < 1.29 is 4.74 Å². The Balaban J connectivity index is 2.13. The van der Waals surface area contributed by atoms with E-state index in [9.17, 15) is 0 Å². The van der Waals surface area contributed by atoms with Crippen LogP contribution in [0.1, 0.15) is 16.7 Å². The highest BCUT2D eigenvalue weighted by molar-refractivity contribution is 6.30. The first kappa shape index (κ1) is 13.9. The zero-order chi connectivity index (χ0) is 13.7. The third-order valence-electron chi connectivity index (χ3n) is 3.08. The molecule has 0 aliphatic heterocycles. The molecule has 0 bridgehead atoms. The van der Waals surface area contributed by atoms with Gasteiger partial charge in [0.15, 0.2) is 0 Å². The fourth-order valence-electron chi connectivity index (χ4n) is 1.97. The number of hydrogen-bond acceptors (Lipinski definition) is 2. The van der Waals surface area contributed by atoms with Gasteiger partial charge in [0.2, 0.25) is 0 Å². The Morgan fingerprint density at radius 2 is 1.89 bits per heavy atom. The largest absolute Gasteiger partial charge is 0.489 e. The van der Waals surface area contributed by atoms with Gasteiger partial charge in [0.25, 0.3) is 0 Å². The van der Waals surface area contributed by atoms with Crippen molar-refractivity contribution in [3.05, 3.63) is 64.2 Å². The number of halogens is 1. The fourth-order valence-corrected chi connectivity index (χ4v) is 2.16. The smallest absolute Gasteiger partial charge is 0.123 e. The molecular formula is C16H18ClNO. The average Bonchev–Trinajstić information content (AvgIpc) is 2.40. The quantitative estimate of drug-likeness (QED) is 0.902. The number of ether oxygens (including phenoxy) is 1. The molecule has 0 radical (unpaired) electrons. The summed E-state index contributed by atoms with van der Waals surface area (Å²) in [6.07, 6.45) is 0.768. The molecule has 0 aliphatic carbocycles. The Morgan fingerprint density at radius 3 is 2.63 bits per heavy atom. The molecule has 2 N–H and O–H groups in total. The maximum atomic E-state index is 6.00. The SMILES string of the molecule is Cc1ccccc1COc1ccc(Cl)cc1CCN. The van der Waals surface area contributed by atoms with E-state index in [1.807, 2.05) is 30.3 Å². The lowest BCUT2D eigenvalue weighted by molar-refractivity contribution is 0.302. The molecule has 0 aromatic heterocycles. The van der Waals surface area contributed by atoms with Gasteiger partial charge in [0.1, 0.15) is 12.4 Å². The van der Waals surface area contributed by atoms with Gasteiger partial charge in [-0.2, -0.15) is 0 Å². The Bertz CT molecular complexity index is 554. The summed E-state index contributed by atoms with van der Waals surface area (Å²) in [5.74, 6) is 0.859. The molecule has 2 aromatic carbocycles. The van der Waals surface area contributed by atoms with Crippen LogP contribution in [0.15, 0.2) is 42.5 Å². The van der Waals surface area contributed by atoms with Crippen molar-refractivity contribution >= 4 is 11.6 Å². The molecule has 0 fully saturated rings. The molecule has 2 nitrogen and oxygen atoms in total. The zero-order valence-electron chi connectivity index (χ0n) is 11.0. The first-order chi connectivity index (χ1) is 9.20. The lowest BCUT2D eigenvalue weighted by atomic mass is 10.1. The van der Waals surface area contributed by atoms with E-state index in [0.717, 1.165) is 17.7 Å². The van der Waals surface area contributed by atoms with E-state index >= 15 is 0 Å². The normalized spacial score (nSPS) is 10.5. The third-order valence-corrected chi connectivity index (χ3v) is 3.32. The first-order valence-electron chi connectivity index (χ1n) is 6.36. The molecule has 2 rings (SSSR count). The highest BCUT2D eigenvalue weighted by Crippen LogP contribution is 2.24. The van der Waals surface area contributed by atoms with Crippen LogP contribution in [0.4, 0.5) is 0 Å². The lowest BCUT2D eigenvalue weighted by Crippen LogP contribution is -2.06. The Kier molecular flexibility index (Phi) is 4.83. The van der Waals surface area contributed by atoms with Gasteiger partial charge < -0.3 is 10.5 Å². The Morgan fingerprint density at radius 1 is 1.11 bits per heavy atom. The molecule has 3 heteroatoms. The molecule has 0 aliphatic rings. The number of nitrogens with two attached hydrogens (primary N) is 1. The predicted molar refractivity (Wildman–Crippen MR) is 79.7 cm³/mol. The van der Waals surface area contributed by atoms with E-state index in [0.29, 0.717) is 18.2 Å². The maximum Gasteiger partial charge on any atom is 0.123 e. The summed E-state index contributed by atoms with van der Waals surface area (Å²) in [7, 11) is 0. The van der Waals surface area contributed by atoms with Crippen LogP contribution in [0.3, 0.4) is 0 Å². The summed E-state index contributed by atoms with van der Waals surface area (Å²) in [5, 5.41) is 0.715. The van der Waals surface area contributed by atoms with Gasteiger partial charge in [-0.05, 0) is 54.8 Å². The first-order valence-corrected chi connectivity index (χ1v) is 6.74. The van der Waals surface area contributed by atoms with Crippen LogP contribution in [-0.4, -0.2) is 6.54 Å². The molecule has 0 unspecified atom stereocenters. The zero-order valence-corrected chi connectivity index (χ0v) is 11.8. The minimum Gasteiger partial charge on any atom is -0.489 e. The summed E-state index contributed by atoms with van der Waals surface area (Å²) < 4.78 is 5.90. The van der Waals surface area contributed by atoms with Crippen LogP contribution in [0.25, 0.3) is 0 Å². The topological polar surface area (TPSA) is 35.2 Å². The van der Waals surface area contributed by atoms with E-state index in [1.54, 1.807) is 0 Å². The monoisotopic (exact) mass is 275 g/mol. The number of rotatable bonds is 5. The van der Waals surface area contributed by atoms with Gasteiger partial charge >= 0.3 is 0 Å². The van der Waals surface area contributed by atoms with Crippen molar-refractivity contribution in [1.82, 2.24) is 0 Å². The molecule has 0 spiro atoms. The second-order valence-electron chi connectivity index (χ2n) is 4.51. The maximum absolute atomic E-state index is 6.00. The highest BCUT2D eigenvalue weighted by Gasteiger charge is 2.05. The second kappa shape index (κ2) is 6.60. The van der Waals surface area contributed by atoms with Gasteiger partial charge in [0.05, 0.1) is 0 Å². The minimum atomic E-state index is 0.561. The third kappa shape index (κ3) is 3.72. The molecule has 0 saturated carbocycles. The summed E-state index contributed by atoms with van der Waals surface area (Å²) in [5.41, 5.74) is 9.10. The van der Waals surface area contributed by atoms with Gasteiger partial charge in [-0.3, -0.25) is 0 Å². The summed E-state index contributed by atoms with van der Waals surface area (Å²) in [4.78, 5) is 0. The van der Waals surface area contributed by atoms with Crippen LogP contribution >= 0.6 is 11.6 Å². The molecule has 0 saturated heterocycles. The molecule has 0 atom stereocenters. The van der Waals surface area contributed by atoms with E-state index < -0.39 is 0 Å². The summed E-state index contributed by atoms with van der Waals surface area (Å²) >= 11 is 6.00. The van der Waals surface area contributed by atoms with Crippen molar-refractivity contribution in [3.8, 4) is 5.75 Å². The molecule has 100 valence electrons. The number of benzene rings is 2. The predicted octanol–water partition coefficient (Wildman–Crippen LogP) is 3.73. The van der Waals surface area contributed by atoms with E-state index in [1.165, 1.54) is 11.1 Å². The second-order valence-corrected chi connectivity index (χ2v) is 4.94. The summed E-state index contributed by atoms with van der Waals surface area (Å²) in [6.45, 7) is 3.23. The van der Waals surface area contributed by atoms with E-state index in [4.69, 9.17) is 22.1 Å². The van der Waals surface area contributed by atoms with Crippen molar-refractivity contribution in [2.75, 3.05) is 6.54 Å². The van der Waals surface area contributed by atoms with Crippen LogP contribution in [-0.2, 0) is 13.0 Å². The highest BCUT2D eigenvalue weighted by atomic mass is 35.5. The van der Waals surface area contributed by atoms with Crippen molar-refractivity contribution in [1.29, 1.82) is 0 Å². The van der Waals surface area contributed by atoms with E-state index in [-0.39, 0.29) is 0 Å². The van der Waals surface area contributed by atoms with Crippen LogP contribution < -0.4 is 10.5 Å². The van der Waals surface area contributed by atoms with Gasteiger partial charge in [-0.25, -0.2) is 0 Å². The van der Waals surface area contributed by atoms with Gasteiger partial charge in [0, 0.05) is 5.02 Å². The minimum absolute atomic E-state index is 0.561. The van der Waals surface area contributed by atoms with Crippen molar-refractivity contribution in [3.63, 3.8) is 0 Å². The summed E-state index contributed by atoms with van der Waals surface area (Å²) in [6, 6.07) is 13.9. The number of aryl methyl sites for hydroxylation is 1. The van der Waals surface area contributed by atoms with Crippen molar-refractivity contribution in [2.45, 2.75) is 20.0 Å². The lowest BCUT2D eigenvalue weighted by Gasteiger charge is -2.12. The molecular weight excluding hydrogens is 258 g/mol. The fraction of sp³-hybridized carbons (Fsp3) is 0.250. The molecule has 0 amide bonds. The molecule has 19 heavy (non-hydrogen) atoms. The molecule has 2 aromatic rings. The van der Waals surface area contributed by atoms with Gasteiger partial charge in [-0.15, -0.1) is 0 Å². The van der Waals surface area contributed by atoms with E-state index in [2.05, 4.69) is 19.1 Å². The van der Waals surface area contributed by atoms with Crippen LogP contribution in [0.2, 0.25) is 5.02 Å². The standard InChI is InChI=1S/C16H18ClNO/c1-12-4-2-3-5-14(12)11-19-16-7-6-15(17)10-13(16)8-9-18/h2-7,10H,8-9,11,18H2,1H3. The number of hydrogen-bond donors (Lipinski definition) is 1.